The molecule has 0 spiro atoms. The van der Waals surface area contributed by atoms with Crippen LogP contribution in [0.3, 0.4) is 0 Å². The maximum Gasteiger partial charge on any atom is 0.143 e. The number of aryl methyl sites for hydroxylation is 1. The van der Waals surface area contributed by atoms with E-state index in [0.29, 0.717) is 0 Å². The maximum atomic E-state index is 6.72. The molecule has 0 unspecified atom stereocenters. The lowest BCUT2D eigenvalue weighted by molar-refractivity contribution is 0.669. The molecule has 0 saturated carbocycles. The molecule has 48 heavy (non-hydrogen) atoms. The van der Waals surface area contributed by atoms with E-state index in [9.17, 15) is 0 Å². The number of hydrogen-bond donors (Lipinski definition) is 0. The molecule has 0 amide bonds. The molecule has 0 aliphatic rings. The lowest BCUT2D eigenvalue weighted by Crippen LogP contribution is -2.11. The van der Waals surface area contributed by atoms with Gasteiger partial charge in [0.15, 0.2) is 0 Å². The van der Waals surface area contributed by atoms with E-state index in [4.69, 9.17) is 8.83 Å². The molecule has 226 valence electrons. The van der Waals surface area contributed by atoms with Crippen LogP contribution >= 0.6 is 0 Å². The quantitative estimate of drug-likeness (QED) is 0.197. The Morgan fingerprint density at radius 2 is 1.17 bits per heavy atom. The molecule has 0 fully saturated rings. The van der Waals surface area contributed by atoms with Gasteiger partial charge in [-0.1, -0.05) is 121 Å². The van der Waals surface area contributed by atoms with Crippen molar-refractivity contribution < 1.29 is 8.83 Å². The van der Waals surface area contributed by atoms with Crippen LogP contribution in [-0.2, 0) is 0 Å². The third-order valence-electron chi connectivity index (χ3n) is 9.77. The maximum absolute atomic E-state index is 6.72. The van der Waals surface area contributed by atoms with E-state index in [1.54, 1.807) is 0 Å². The molecule has 10 rings (SSSR count). The Morgan fingerprint density at radius 3 is 2.04 bits per heavy atom. The molecular weight excluding hydrogens is 587 g/mol. The average molecular weight is 616 g/mol. The van der Waals surface area contributed by atoms with Crippen LogP contribution in [0.1, 0.15) is 5.56 Å². The fourth-order valence-electron chi connectivity index (χ4n) is 7.56. The average Bonchev–Trinajstić information content (AvgIpc) is 3.71. The van der Waals surface area contributed by atoms with Crippen LogP contribution in [0.25, 0.3) is 76.5 Å². The Kier molecular flexibility index (Phi) is 5.79. The van der Waals surface area contributed by atoms with Crippen molar-refractivity contribution in [2.45, 2.75) is 6.92 Å². The second kappa shape index (κ2) is 10.3. The van der Waals surface area contributed by atoms with E-state index in [1.165, 1.54) is 16.3 Å². The van der Waals surface area contributed by atoms with Crippen LogP contribution in [0, 0.1) is 6.92 Å². The van der Waals surface area contributed by atoms with Crippen molar-refractivity contribution in [1.29, 1.82) is 0 Å². The summed E-state index contributed by atoms with van der Waals surface area (Å²) < 4.78 is 13.4. The molecule has 0 saturated heterocycles. The van der Waals surface area contributed by atoms with E-state index in [0.717, 1.165) is 82.8 Å². The van der Waals surface area contributed by atoms with Gasteiger partial charge >= 0.3 is 0 Å². The number of fused-ring (bicyclic) bond motifs is 10. The van der Waals surface area contributed by atoms with Crippen molar-refractivity contribution in [3.8, 4) is 11.1 Å². The van der Waals surface area contributed by atoms with Gasteiger partial charge in [-0.05, 0) is 58.5 Å². The van der Waals surface area contributed by atoms with Crippen molar-refractivity contribution in [3.05, 3.63) is 163 Å². The standard InChI is InChI=1S/C45H29NO2/c1-28-12-5-10-21-38(28)46(31-23-24-35-37-20-11-19-33(29-13-3-2-4-14-29)45(37)48-41(35)26-31)39-27-42-44(36-18-9-8-17-34(36)39)43-32-16-7-6-15-30(32)22-25-40(43)47-42/h2-27H,1H3. The zero-order valence-corrected chi connectivity index (χ0v) is 26.3. The highest BCUT2D eigenvalue weighted by Gasteiger charge is 2.23. The summed E-state index contributed by atoms with van der Waals surface area (Å²) >= 11 is 0. The highest BCUT2D eigenvalue weighted by Crippen LogP contribution is 2.47. The molecule has 0 bridgehead atoms. The topological polar surface area (TPSA) is 29.5 Å². The van der Waals surface area contributed by atoms with E-state index in [1.807, 2.05) is 6.07 Å². The highest BCUT2D eigenvalue weighted by molar-refractivity contribution is 6.28. The van der Waals surface area contributed by atoms with Crippen molar-refractivity contribution >= 4 is 82.5 Å². The summed E-state index contributed by atoms with van der Waals surface area (Å²) in [7, 11) is 0. The summed E-state index contributed by atoms with van der Waals surface area (Å²) in [5, 5.41) is 9.24. The van der Waals surface area contributed by atoms with Crippen molar-refractivity contribution in [2.75, 3.05) is 4.90 Å². The van der Waals surface area contributed by atoms with Crippen LogP contribution in [-0.4, -0.2) is 0 Å². The van der Waals surface area contributed by atoms with Gasteiger partial charge in [0.1, 0.15) is 22.3 Å². The van der Waals surface area contributed by atoms with Crippen molar-refractivity contribution in [3.63, 3.8) is 0 Å². The smallest absolute Gasteiger partial charge is 0.143 e. The third-order valence-corrected chi connectivity index (χ3v) is 9.77. The molecule has 3 heteroatoms. The third kappa shape index (κ3) is 3.94. The van der Waals surface area contributed by atoms with E-state index < -0.39 is 0 Å². The predicted octanol–water partition coefficient (Wildman–Crippen LogP) is 13.2. The Labute approximate surface area is 276 Å². The summed E-state index contributed by atoms with van der Waals surface area (Å²) in [6, 6.07) is 55.7. The second-order valence-electron chi connectivity index (χ2n) is 12.5. The molecule has 0 aliphatic carbocycles. The number of furan rings is 2. The predicted molar refractivity (Wildman–Crippen MR) is 201 cm³/mol. The van der Waals surface area contributed by atoms with Gasteiger partial charge in [0.25, 0.3) is 0 Å². The van der Waals surface area contributed by atoms with E-state index in [-0.39, 0.29) is 0 Å². The fourth-order valence-corrected chi connectivity index (χ4v) is 7.56. The minimum atomic E-state index is 0.852. The molecule has 10 aromatic rings. The zero-order chi connectivity index (χ0) is 31.8. The highest BCUT2D eigenvalue weighted by atomic mass is 16.3. The Balaban J connectivity index is 1.26. The summed E-state index contributed by atoms with van der Waals surface area (Å²) in [6.45, 7) is 2.17. The minimum Gasteiger partial charge on any atom is -0.456 e. The largest absolute Gasteiger partial charge is 0.456 e. The summed E-state index contributed by atoms with van der Waals surface area (Å²) in [6.07, 6.45) is 0. The lowest BCUT2D eigenvalue weighted by Gasteiger charge is -2.28. The molecule has 3 nitrogen and oxygen atoms in total. The first-order chi connectivity index (χ1) is 23.7. The Bertz CT molecular complexity index is 2860. The number of benzene rings is 8. The van der Waals surface area contributed by atoms with Gasteiger partial charge in [-0.3, -0.25) is 0 Å². The fraction of sp³-hybridized carbons (Fsp3) is 0.0222. The molecule has 0 radical (unpaired) electrons. The summed E-state index contributed by atoms with van der Waals surface area (Å²) in [5.74, 6) is 0. The van der Waals surface area contributed by atoms with E-state index >= 15 is 0 Å². The molecule has 2 aromatic heterocycles. The normalized spacial score (nSPS) is 11.9. The van der Waals surface area contributed by atoms with E-state index in [2.05, 4.69) is 163 Å². The first-order valence-electron chi connectivity index (χ1n) is 16.4. The number of nitrogens with zero attached hydrogens (tertiary/aromatic N) is 1. The van der Waals surface area contributed by atoms with Gasteiger partial charge < -0.3 is 13.7 Å². The number of anilines is 3. The van der Waals surface area contributed by atoms with Gasteiger partial charge in [-0.2, -0.15) is 0 Å². The zero-order valence-electron chi connectivity index (χ0n) is 26.3. The summed E-state index contributed by atoms with van der Waals surface area (Å²) in [5.41, 5.74) is 10.1. The first kappa shape index (κ1) is 26.9. The molecule has 0 aliphatic heterocycles. The van der Waals surface area contributed by atoms with Gasteiger partial charge in [0, 0.05) is 56.0 Å². The van der Waals surface area contributed by atoms with Crippen LogP contribution in [0.2, 0.25) is 0 Å². The second-order valence-corrected chi connectivity index (χ2v) is 12.5. The molecule has 2 heterocycles. The molecule has 0 atom stereocenters. The van der Waals surface area contributed by atoms with Crippen LogP contribution in [0.5, 0.6) is 0 Å². The number of rotatable bonds is 4. The van der Waals surface area contributed by atoms with Gasteiger partial charge in [0.05, 0.1) is 5.69 Å². The van der Waals surface area contributed by atoms with Crippen molar-refractivity contribution in [1.82, 2.24) is 0 Å². The van der Waals surface area contributed by atoms with Crippen LogP contribution in [0.15, 0.2) is 167 Å². The Morgan fingerprint density at radius 1 is 0.438 bits per heavy atom. The van der Waals surface area contributed by atoms with Gasteiger partial charge in [-0.25, -0.2) is 0 Å². The number of para-hydroxylation sites is 2. The monoisotopic (exact) mass is 615 g/mol. The lowest BCUT2D eigenvalue weighted by atomic mass is 9.97. The molecule has 0 N–H and O–H groups in total. The van der Waals surface area contributed by atoms with Crippen LogP contribution < -0.4 is 4.90 Å². The Hall–Kier alpha value is -6.32. The number of hydrogen-bond acceptors (Lipinski definition) is 3. The summed E-state index contributed by atoms with van der Waals surface area (Å²) in [4.78, 5) is 2.35. The minimum absolute atomic E-state index is 0.852. The van der Waals surface area contributed by atoms with Crippen molar-refractivity contribution in [2.24, 2.45) is 0 Å². The SMILES string of the molecule is Cc1ccccc1N(c1ccc2c(c1)oc1c(-c3ccccc3)cccc12)c1cc2oc3ccc4ccccc4c3c2c2ccccc12. The molecular formula is C45H29NO2. The van der Waals surface area contributed by atoms with Gasteiger partial charge in [-0.15, -0.1) is 0 Å². The van der Waals surface area contributed by atoms with Gasteiger partial charge in [0.2, 0.25) is 0 Å². The molecule has 8 aromatic carbocycles. The first-order valence-corrected chi connectivity index (χ1v) is 16.4. The van der Waals surface area contributed by atoms with Crippen LogP contribution in [0.4, 0.5) is 17.1 Å².